The fourth-order valence-corrected chi connectivity index (χ4v) is 6.54. The Bertz CT molecular complexity index is 881. The first-order valence-corrected chi connectivity index (χ1v) is 12.7. The number of aliphatic carboxylic acids is 1. The molecule has 0 heterocycles. The van der Waals surface area contributed by atoms with Crippen LogP contribution in [0.4, 0.5) is 0 Å². The number of aryl methyl sites for hydroxylation is 1. The van der Waals surface area contributed by atoms with Crippen molar-refractivity contribution in [2.75, 3.05) is 6.54 Å². The molecule has 0 saturated heterocycles. The van der Waals surface area contributed by atoms with Crippen LogP contribution in [0.5, 0.6) is 5.75 Å². The number of benzene rings is 2. The van der Waals surface area contributed by atoms with Crippen LogP contribution in [0, 0.1) is 6.92 Å². The molecule has 1 radical (unpaired) electrons. The van der Waals surface area contributed by atoms with E-state index in [-0.39, 0.29) is 15.8 Å². The number of carbonyl (C=O) groups is 2. The zero-order valence-electron chi connectivity index (χ0n) is 16.5. The summed E-state index contributed by atoms with van der Waals surface area (Å²) in [7, 11) is 0. The van der Waals surface area contributed by atoms with E-state index in [1.165, 1.54) is 16.3 Å². The van der Waals surface area contributed by atoms with Gasteiger partial charge in [0.1, 0.15) is 0 Å². The normalized spacial score (nSPS) is 12.2. The van der Waals surface area contributed by atoms with E-state index in [9.17, 15) is 9.59 Å². The van der Waals surface area contributed by atoms with Gasteiger partial charge >= 0.3 is 185 Å². The Kier molecular flexibility index (Phi) is 9.25. The van der Waals surface area contributed by atoms with E-state index < -0.39 is 18.4 Å². The average molecular weight is 588 g/mol. The van der Waals surface area contributed by atoms with Crippen LogP contribution in [0.2, 0.25) is 4.71 Å². The molecule has 2 aromatic carbocycles. The number of amides is 1. The molecule has 155 valence electrons. The zero-order chi connectivity index (χ0) is 21.6. The van der Waals surface area contributed by atoms with Crippen LogP contribution < -0.4 is 14.4 Å². The van der Waals surface area contributed by atoms with E-state index >= 15 is 0 Å². The number of hydrogen-bond donors (Lipinski definition) is 2. The van der Waals surface area contributed by atoms with Crippen LogP contribution >= 0.6 is 31.9 Å². The number of ether oxygens (including phenoxy) is 1. The molecule has 1 unspecified atom stereocenters. The van der Waals surface area contributed by atoms with E-state index in [4.69, 9.17) is 9.84 Å². The molecule has 5 nitrogen and oxygen atoms in total. The summed E-state index contributed by atoms with van der Waals surface area (Å²) < 4.78 is 9.38. The Labute approximate surface area is 194 Å². The van der Waals surface area contributed by atoms with Crippen molar-refractivity contribution in [3.05, 3.63) is 56.0 Å². The second-order valence-electron chi connectivity index (χ2n) is 6.70. The Morgan fingerprint density at radius 2 is 1.83 bits per heavy atom. The van der Waals surface area contributed by atoms with E-state index in [2.05, 4.69) is 76.1 Å². The number of carboxylic acids is 1. The second kappa shape index (κ2) is 11.2. The van der Waals surface area contributed by atoms with Gasteiger partial charge in [-0.15, -0.1) is 0 Å². The van der Waals surface area contributed by atoms with Crippen molar-refractivity contribution in [3.63, 3.8) is 0 Å². The number of halogens is 2. The van der Waals surface area contributed by atoms with Gasteiger partial charge in [-0.1, -0.05) is 0 Å². The third-order valence-corrected chi connectivity index (χ3v) is 8.16. The fraction of sp³-hybridized carbons (Fsp3) is 0.333. The molecule has 0 bridgehead atoms. The molecule has 2 aromatic rings. The van der Waals surface area contributed by atoms with Gasteiger partial charge in [0.05, 0.1) is 0 Å². The van der Waals surface area contributed by atoms with Crippen molar-refractivity contribution in [1.82, 2.24) is 5.32 Å². The summed E-state index contributed by atoms with van der Waals surface area (Å²) >= 11 is 7.02. The molecule has 0 aromatic heterocycles. The summed E-state index contributed by atoms with van der Waals surface area (Å²) in [6.07, 6.45) is 1.19. The van der Waals surface area contributed by atoms with Crippen molar-refractivity contribution in [1.29, 1.82) is 0 Å². The minimum atomic E-state index is -1.09. The quantitative estimate of drug-likeness (QED) is 0.425. The van der Waals surface area contributed by atoms with Crippen molar-refractivity contribution in [2.45, 2.75) is 38.5 Å². The monoisotopic (exact) mass is 586 g/mol. The molecule has 2 N–H and O–H groups in total. The fourth-order valence-electron chi connectivity index (χ4n) is 2.59. The SMILES string of the molecule is CCC(C)[As]c1cc(C)cc(COc2c(Br)cc(C(=O)NCC(=O)O)cc2Br)c1. The summed E-state index contributed by atoms with van der Waals surface area (Å²) in [5, 5.41) is 11.0. The van der Waals surface area contributed by atoms with E-state index in [1.54, 1.807) is 12.1 Å². The average Bonchev–Trinajstić information content (AvgIpc) is 2.64. The van der Waals surface area contributed by atoms with Gasteiger partial charge in [0.25, 0.3) is 0 Å². The molecular formula is C21H23AsBr2NO4. The number of carbonyl (C=O) groups excluding carboxylic acids is 1. The van der Waals surface area contributed by atoms with Crippen LogP contribution in [-0.2, 0) is 11.4 Å². The Morgan fingerprint density at radius 3 is 2.41 bits per heavy atom. The van der Waals surface area contributed by atoms with Gasteiger partial charge in [-0.2, -0.15) is 0 Å². The Morgan fingerprint density at radius 1 is 1.17 bits per heavy atom. The van der Waals surface area contributed by atoms with Crippen molar-refractivity contribution < 1.29 is 19.4 Å². The van der Waals surface area contributed by atoms with Gasteiger partial charge in [-0.05, 0) is 0 Å². The Hall–Kier alpha value is -1.30. The molecule has 0 spiro atoms. The zero-order valence-corrected chi connectivity index (χ0v) is 21.5. The molecule has 1 amide bonds. The van der Waals surface area contributed by atoms with Crippen molar-refractivity contribution >= 4 is 63.8 Å². The summed E-state index contributed by atoms with van der Waals surface area (Å²) in [6, 6.07) is 9.83. The summed E-state index contributed by atoms with van der Waals surface area (Å²) in [5.74, 6) is -0.959. The molecule has 2 rings (SSSR count). The summed E-state index contributed by atoms with van der Waals surface area (Å²) in [5.41, 5.74) is 2.68. The molecule has 8 heteroatoms. The maximum absolute atomic E-state index is 12.1. The molecule has 1 atom stereocenters. The molecule has 0 saturated carbocycles. The topological polar surface area (TPSA) is 75.6 Å². The van der Waals surface area contributed by atoms with Gasteiger partial charge in [0, 0.05) is 0 Å². The second-order valence-corrected chi connectivity index (χ2v) is 11.9. The van der Waals surface area contributed by atoms with Gasteiger partial charge in [0.15, 0.2) is 0 Å². The van der Waals surface area contributed by atoms with Gasteiger partial charge in [0.2, 0.25) is 0 Å². The molecule has 0 aliphatic heterocycles. The molecule has 0 aliphatic rings. The first-order chi connectivity index (χ1) is 13.7. The van der Waals surface area contributed by atoms with Crippen LogP contribution in [0.3, 0.4) is 0 Å². The predicted octanol–water partition coefficient (Wildman–Crippen LogP) is 4.46. The first kappa shape index (κ1) is 24.0. The standard InChI is InChI=1S/C21H23AsBr2NO4/c1-4-13(3)22-16-6-12(2)5-14(7-16)11-29-20-17(23)8-15(9-18(20)24)21(28)25-10-19(26)27/h5-9,13H,4,10-11H2,1-3H3,(H,25,28)(H,26,27). The van der Waals surface area contributed by atoms with Crippen LogP contribution in [-0.4, -0.2) is 39.3 Å². The van der Waals surface area contributed by atoms with E-state index in [0.717, 1.165) is 10.3 Å². The summed E-state index contributed by atoms with van der Waals surface area (Å²) in [6.45, 7) is 6.60. The molecular weight excluding hydrogens is 565 g/mol. The summed E-state index contributed by atoms with van der Waals surface area (Å²) in [4.78, 5) is 22.7. The number of hydrogen-bond acceptors (Lipinski definition) is 3. The molecule has 0 fully saturated rings. The number of carboxylic acid groups (broad SMARTS) is 1. The van der Waals surface area contributed by atoms with Crippen molar-refractivity contribution in [2.24, 2.45) is 0 Å². The first-order valence-electron chi connectivity index (χ1n) is 9.12. The van der Waals surface area contributed by atoms with Gasteiger partial charge in [-0.3, -0.25) is 4.79 Å². The van der Waals surface area contributed by atoms with E-state index in [1.807, 2.05) is 0 Å². The van der Waals surface area contributed by atoms with Crippen LogP contribution in [0.1, 0.15) is 41.8 Å². The van der Waals surface area contributed by atoms with Crippen LogP contribution in [0.25, 0.3) is 0 Å². The van der Waals surface area contributed by atoms with Gasteiger partial charge < -0.3 is 5.11 Å². The number of rotatable bonds is 9. The number of nitrogens with one attached hydrogen (secondary N) is 1. The van der Waals surface area contributed by atoms with Gasteiger partial charge in [-0.25, -0.2) is 0 Å². The predicted molar refractivity (Wildman–Crippen MR) is 122 cm³/mol. The maximum atomic E-state index is 12.1. The molecule has 0 aliphatic carbocycles. The van der Waals surface area contributed by atoms with Crippen molar-refractivity contribution in [3.8, 4) is 5.75 Å². The van der Waals surface area contributed by atoms with Crippen LogP contribution in [0.15, 0.2) is 39.3 Å². The third kappa shape index (κ3) is 7.47. The minimum absolute atomic E-state index is 0.128. The molecule has 29 heavy (non-hydrogen) atoms. The van der Waals surface area contributed by atoms with E-state index in [0.29, 0.717) is 26.9 Å². The third-order valence-electron chi connectivity index (χ3n) is 4.13. The Balaban J connectivity index is 2.13.